The van der Waals surface area contributed by atoms with Gasteiger partial charge in [0.2, 0.25) is 0 Å². The van der Waals surface area contributed by atoms with Gasteiger partial charge in [-0.05, 0) is 54.9 Å². The van der Waals surface area contributed by atoms with Crippen LogP contribution >= 0.6 is 0 Å². The fourth-order valence-corrected chi connectivity index (χ4v) is 5.30. The van der Waals surface area contributed by atoms with E-state index in [1.54, 1.807) is 10.7 Å². The van der Waals surface area contributed by atoms with Gasteiger partial charge in [-0.1, -0.05) is 31.8 Å². The predicted molar refractivity (Wildman–Crippen MR) is 156 cm³/mol. The predicted octanol–water partition coefficient (Wildman–Crippen LogP) is 6.27. The summed E-state index contributed by atoms with van der Waals surface area (Å²) in [6.45, 7) is 13.1. The van der Waals surface area contributed by atoms with Crippen LogP contribution in [0.1, 0.15) is 5.69 Å². The second kappa shape index (κ2) is 11.8. The molecule has 4 heterocycles. The number of halogens is 1. The summed E-state index contributed by atoms with van der Waals surface area (Å²) in [7, 11) is -1.18. The van der Waals surface area contributed by atoms with Gasteiger partial charge in [0.05, 0.1) is 36.5 Å². The molecule has 9 heteroatoms. The van der Waals surface area contributed by atoms with E-state index in [2.05, 4.69) is 29.5 Å². The van der Waals surface area contributed by atoms with Gasteiger partial charge in [0.1, 0.15) is 18.2 Å². The van der Waals surface area contributed by atoms with Gasteiger partial charge >= 0.3 is 0 Å². The number of hydrogen-bond acceptors (Lipinski definition) is 6. The van der Waals surface area contributed by atoms with Crippen molar-refractivity contribution in [2.45, 2.75) is 39.3 Å². The number of ether oxygens (including phenoxy) is 2. The number of aryl methyl sites for hydroxylation is 1. The minimum atomic E-state index is -1.18. The zero-order valence-corrected chi connectivity index (χ0v) is 24.2. The highest BCUT2D eigenvalue weighted by Crippen LogP contribution is 2.34. The Morgan fingerprint density at radius 3 is 2.54 bits per heavy atom. The van der Waals surface area contributed by atoms with E-state index in [1.807, 2.05) is 55.7 Å². The van der Waals surface area contributed by atoms with Crippen LogP contribution in [-0.2, 0) is 16.2 Å². The first-order valence-corrected chi connectivity index (χ1v) is 17.2. The van der Waals surface area contributed by atoms with Gasteiger partial charge < -0.3 is 14.4 Å². The Hall–Kier alpha value is -3.40. The first-order chi connectivity index (χ1) is 18.8. The molecule has 0 aliphatic carbocycles. The second-order valence-electron chi connectivity index (χ2n) is 11.1. The largest absolute Gasteiger partial charge is 0.378 e. The third-order valence-corrected chi connectivity index (χ3v) is 8.49. The maximum atomic E-state index is 15.1. The monoisotopic (exact) mass is 545 g/mol. The van der Waals surface area contributed by atoms with Crippen molar-refractivity contribution in [2.24, 2.45) is 0 Å². The Labute approximate surface area is 230 Å². The highest BCUT2D eigenvalue weighted by atomic mass is 28.3. The first kappa shape index (κ1) is 27.2. The van der Waals surface area contributed by atoms with Crippen LogP contribution in [0.15, 0.2) is 60.9 Å². The number of anilines is 1. The quantitative estimate of drug-likeness (QED) is 0.182. The van der Waals surface area contributed by atoms with E-state index in [9.17, 15) is 0 Å². The van der Waals surface area contributed by atoms with Crippen LogP contribution in [0.2, 0.25) is 25.7 Å². The molecule has 0 saturated carbocycles. The van der Waals surface area contributed by atoms with Gasteiger partial charge in [-0.15, -0.1) is 0 Å². The maximum absolute atomic E-state index is 15.1. The van der Waals surface area contributed by atoms with Crippen molar-refractivity contribution in [2.75, 3.05) is 37.8 Å². The summed E-state index contributed by atoms with van der Waals surface area (Å²) in [6, 6.07) is 16.0. The highest BCUT2D eigenvalue weighted by Gasteiger charge is 2.18. The van der Waals surface area contributed by atoms with Crippen LogP contribution in [0.25, 0.3) is 33.8 Å². The molecule has 1 saturated heterocycles. The Balaban J connectivity index is 1.46. The van der Waals surface area contributed by atoms with Gasteiger partial charge in [-0.2, -0.15) is 5.10 Å². The molecule has 0 bridgehead atoms. The van der Waals surface area contributed by atoms with Crippen molar-refractivity contribution in [3.63, 3.8) is 0 Å². The van der Waals surface area contributed by atoms with Crippen molar-refractivity contribution < 1.29 is 13.9 Å². The summed E-state index contributed by atoms with van der Waals surface area (Å²) >= 11 is 0. The fraction of sp³-hybridized carbons (Fsp3) is 0.367. The number of pyridine rings is 2. The highest BCUT2D eigenvalue weighted by molar-refractivity contribution is 6.76. The Morgan fingerprint density at radius 2 is 1.82 bits per heavy atom. The van der Waals surface area contributed by atoms with Crippen LogP contribution in [0.4, 0.5) is 10.1 Å². The zero-order chi connectivity index (χ0) is 27.4. The molecule has 7 nitrogen and oxygen atoms in total. The average Bonchev–Trinajstić information content (AvgIpc) is 3.36. The number of aromatic nitrogens is 4. The number of morpholine rings is 1. The SMILES string of the molecule is Cc1cccc(-c2nn(COCC[Si](C)(C)C)cc2-c2ccc(F)c(-c3ccc(N4CCOCC4)cn3)c2)n1. The van der Waals surface area contributed by atoms with Crippen LogP contribution in [0.5, 0.6) is 0 Å². The summed E-state index contributed by atoms with van der Waals surface area (Å²) in [5.74, 6) is -0.317. The summed E-state index contributed by atoms with van der Waals surface area (Å²) in [6.07, 6.45) is 3.77. The molecule has 0 spiro atoms. The summed E-state index contributed by atoms with van der Waals surface area (Å²) in [5, 5.41) is 4.84. The molecular weight excluding hydrogens is 509 g/mol. The molecule has 39 heavy (non-hydrogen) atoms. The number of hydrogen-bond donors (Lipinski definition) is 0. The second-order valence-corrected chi connectivity index (χ2v) is 16.8. The lowest BCUT2D eigenvalue weighted by molar-refractivity contribution is 0.0787. The Morgan fingerprint density at radius 1 is 1.00 bits per heavy atom. The van der Waals surface area contributed by atoms with Crippen molar-refractivity contribution in [3.05, 3.63) is 72.4 Å². The maximum Gasteiger partial charge on any atom is 0.139 e. The molecule has 0 amide bonds. The molecule has 5 rings (SSSR count). The van der Waals surface area contributed by atoms with Crippen LogP contribution in [-0.4, -0.2) is 60.7 Å². The van der Waals surface area contributed by atoms with Crippen molar-refractivity contribution >= 4 is 13.8 Å². The molecule has 4 aromatic rings. The molecule has 0 radical (unpaired) electrons. The lowest BCUT2D eigenvalue weighted by Gasteiger charge is -2.28. The lowest BCUT2D eigenvalue weighted by Crippen LogP contribution is -2.36. The van der Waals surface area contributed by atoms with E-state index in [4.69, 9.17) is 19.6 Å². The molecule has 1 aromatic carbocycles. The average molecular weight is 546 g/mol. The summed E-state index contributed by atoms with van der Waals surface area (Å²) < 4.78 is 28.3. The summed E-state index contributed by atoms with van der Waals surface area (Å²) in [4.78, 5) is 11.6. The van der Waals surface area contributed by atoms with E-state index < -0.39 is 8.07 Å². The van der Waals surface area contributed by atoms with E-state index >= 15 is 4.39 Å². The lowest BCUT2D eigenvalue weighted by atomic mass is 10.00. The number of nitrogens with zero attached hydrogens (tertiary/aromatic N) is 5. The molecule has 1 fully saturated rings. The normalized spacial score (nSPS) is 14.1. The van der Waals surface area contributed by atoms with E-state index in [0.29, 0.717) is 37.8 Å². The fourth-order valence-electron chi connectivity index (χ4n) is 4.54. The van der Waals surface area contributed by atoms with Crippen LogP contribution in [0, 0.1) is 12.7 Å². The van der Waals surface area contributed by atoms with E-state index in [1.165, 1.54) is 6.07 Å². The molecule has 0 N–H and O–H groups in total. The zero-order valence-electron chi connectivity index (χ0n) is 23.2. The topological polar surface area (TPSA) is 65.3 Å². The molecule has 1 aliphatic heterocycles. The minimum absolute atomic E-state index is 0.317. The van der Waals surface area contributed by atoms with Gasteiger partial charge in [0.25, 0.3) is 0 Å². The van der Waals surface area contributed by atoms with E-state index in [-0.39, 0.29) is 5.82 Å². The Bertz CT molecular complexity index is 1410. The smallest absolute Gasteiger partial charge is 0.139 e. The van der Waals surface area contributed by atoms with Crippen LogP contribution < -0.4 is 4.90 Å². The standard InChI is InChI=1S/C30H36FN5O2Si/c1-22-6-5-7-29(33-22)30-26(20-36(34-30)21-38-16-17-39(2,3)4)23-8-10-27(31)25(18-23)28-11-9-24(19-32-28)35-12-14-37-15-13-35/h5-11,18-20H,12-17,21H2,1-4H3. The third-order valence-electron chi connectivity index (χ3n) is 6.79. The first-order valence-electron chi connectivity index (χ1n) is 13.5. The van der Waals surface area contributed by atoms with Crippen molar-refractivity contribution in [3.8, 4) is 33.8 Å². The van der Waals surface area contributed by atoms with E-state index in [0.717, 1.165) is 53.0 Å². The molecule has 1 aliphatic rings. The number of rotatable bonds is 9. The molecule has 0 atom stereocenters. The van der Waals surface area contributed by atoms with Crippen molar-refractivity contribution in [1.82, 2.24) is 19.7 Å². The summed E-state index contributed by atoms with van der Waals surface area (Å²) in [5.41, 5.74) is 6.17. The molecule has 204 valence electrons. The number of benzene rings is 1. The molecule has 3 aromatic heterocycles. The van der Waals surface area contributed by atoms with Gasteiger partial charge in [0, 0.05) is 50.8 Å². The van der Waals surface area contributed by atoms with Gasteiger partial charge in [-0.3, -0.25) is 9.97 Å². The van der Waals surface area contributed by atoms with Crippen LogP contribution in [0.3, 0.4) is 0 Å². The van der Waals surface area contributed by atoms with Gasteiger partial charge in [0.15, 0.2) is 0 Å². The third kappa shape index (κ3) is 6.79. The van der Waals surface area contributed by atoms with Crippen molar-refractivity contribution in [1.29, 1.82) is 0 Å². The molecule has 0 unspecified atom stereocenters. The van der Waals surface area contributed by atoms with Gasteiger partial charge in [-0.25, -0.2) is 9.07 Å². The Kier molecular flexibility index (Phi) is 8.20. The molecular formula is C30H36FN5O2Si. The minimum Gasteiger partial charge on any atom is -0.378 e.